The molecule has 176 valence electrons. The lowest BCUT2D eigenvalue weighted by Crippen LogP contribution is -2.35. The Morgan fingerprint density at radius 1 is 1.06 bits per heavy atom. The van der Waals surface area contributed by atoms with Crippen molar-refractivity contribution in [3.63, 3.8) is 0 Å². The van der Waals surface area contributed by atoms with Crippen LogP contribution >= 0.6 is 11.8 Å². The van der Waals surface area contributed by atoms with E-state index < -0.39 is 5.91 Å². The fraction of sp³-hybridized carbons (Fsp3) is 0.160. The average Bonchev–Trinajstić information content (AvgIpc) is 3.42. The Morgan fingerprint density at radius 2 is 1.83 bits per heavy atom. The molecular formula is C25H22N6O3S. The van der Waals surface area contributed by atoms with E-state index in [-0.39, 0.29) is 11.4 Å². The number of carbonyl (C=O) groups is 1. The SMILES string of the molecule is COc1ccc(OC)c(-n2c(C)cc(C=C3C(=N)N4N=C(c5ccncc5)SC4=NC3=O)c2C)c1. The Morgan fingerprint density at radius 3 is 2.54 bits per heavy atom. The van der Waals surface area contributed by atoms with Crippen molar-refractivity contribution in [1.29, 1.82) is 5.41 Å². The van der Waals surface area contributed by atoms with Gasteiger partial charge >= 0.3 is 0 Å². The predicted octanol–water partition coefficient (Wildman–Crippen LogP) is 4.17. The highest BCUT2D eigenvalue weighted by atomic mass is 32.2. The van der Waals surface area contributed by atoms with E-state index in [0.29, 0.717) is 21.7 Å². The number of carbonyl (C=O) groups excluding carboxylic acids is 1. The largest absolute Gasteiger partial charge is 0.497 e. The van der Waals surface area contributed by atoms with Gasteiger partial charge in [0, 0.05) is 35.4 Å². The molecule has 0 saturated heterocycles. The van der Waals surface area contributed by atoms with E-state index in [0.717, 1.165) is 28.2 Å². The van der Waals surface area contributed by atoms with Crippen molar-refractivity contribution < 1.29 is 14.3 Å². The number of thioether (sulfide) groups is 1. The summed E-state index contributed by atoms with van der Waals surface area (Å²) in [5.74, 6) is 0.910. The zero-order valence-electron chi connectivity index (χ0n) is 19.6. The maximum atomic E-state index is 12.9. The Hall–Kier alpha value is -4.18. The summed E-state index contributed by atoms with van der Waals surface area (Å²) in [6.07, 6.45) is 5.04. The highest BCUT2D eigenvalue weighted by Crippen LogP contribution is 2.34. The molecule has 9 nitrogen and oxygen atoms in total. The number of benzene rings is 1. The van der Waals surface area contributed by atoms with Crippen molar-refractivity contribution in [2.24, 2.45) is 10.1 Å². The van der Waals surface area contributed by atoms with E-state index in [1.54, 1.807) is 32.7 Å². The number of amides is 1. The number of ether oxygens (including phenoxy) is 2. The third kappa shape index (κ3) is 3.91. The first-order valence-corrected chi connectivity index (χ1v) is 11.5. The van der Waals surface area contributed by atoms with Crippen molar-refractivity contribution in [1.82, 2.24) is 14.6 Å². The van der Waals surface area contributed by atoms with Crippen LogP contribution in [-0.4, -0.2) is 50.7 Å². The maximum absolute atomic E-state index is 12.9. The molecule has 0 radical (unpaired) electrons. The van der Waals surface area contributed by atoms with Crippen LogP contribution in [0.2, 0.25) is 0 Å². The third-order valence-corrected chi connectivity index (χ3v) is 6.74. The first-order valence-electron chi connectivity index (χ1n) is 10.7. The van der Waals surface area contributed by atoms with Gasteiger partial charge in [-0.15, -0.1) is 0 Å². The summed E-state index contributed by atoms with van der Waals surface area (Å²) in [7, 11) is 3.24. The number of hydrazone groups is 1. The van der Waals surface area contributed by atoms with E-state index in [4.69, 9.17) is 14.9 Å². The molecular weight excluding hydrogens is 464 g/mol. The first-order chi connectivity index (χ1) is 16.9. The number of amidine groups is 2. The van der Waals surface area contributed by atoms with Gasteiger partial charge in [-0.2, -0.15) is 15.1 Å². The minimum Gasteiger partial charge on any atom is -0.497 e. The second-order valence-electron chi connectivity index (χ2n) is 7.86. The van der Waals surface area contributed by atoms with Crippen LogP contribution < -0.4 is 9.47 Å². The minimum atomic E-state index is -0.469. The topological polar surface area (TPSA) is 105 Å². The second kappa shape index (κ2) is 8.88. The third-order valence-electron chi connectivity index (χ3n) is 5.78. The fourth-order valence-electron chi connectivity index (χ4n) is 4.03. The smallest absolute Gasteiger partial charge is 0.283 e. The summed E-state index contributed by atoms with van der Waals surface area (Å²) in [6.45, 7) is 3.93. The van der Waals surface area contributed by atoms with E-state index in [1.165, 1.54) is 16.8 Å². The van der Waals surface area contributed by atoms with Crippen molar-refractivity contribution in [2.45, 2.75) is 13.8 Å². The number of aliphatic imine (C=N–C) groups is 1. The van der Waals surface area contributed by atoms with Crippen LogP contribution in [0.25, 0.3) is 11.8 Å². The Kier molecular flexibility index (Phi) is 5.73. The summed E-state index contributed by atoms with van der Waals surface area (Å²) >= 11 is 1.26. The van der Waals surface area contributed by atoms with Gasteiger partial charge in [-0.3, -0.25) is 15.2 Å². The van der Waals surface area contributed by atoms with Gasteiger partial charge in [0.2, 0.25) is 5.17 Å². The lowest BCUT2D eigenvalue weighted by atomic mass is 10.1. The van der Waals surface area contributed by atoms with Crippen molar-refractivity contribution in [3.05, 3.63) is 76.9 Å². The van der Waals surface area contributed by atoms with Crippen molar-refractivity contribution in [2.75, 3.05) is 14.2 Å². The number of methoxy groups -OCH3 is 2. The highest BCUT2D eigenvalue weighted by Gasteiger charge is 2.36. The number of nitrogens with zero attached hydrogens (tertiary/aromatic N) is 5. The second-order valence-corrected chi connectivity index (χ2v) is 8.82. The van der Waals surface area contributed by atoms with Crippen LogP contribution in [0, 0.1) is 19.3 Å². The molecule has 1 N–H and O–H groups in total. The zero-order valence-corrected chi connectivity index (χ0v) is 20.4. The quantitative estimate of drug-likeness (QED) is 0.543. The molecule has 0 saturated carbocycles. The molecule has 0 unspecified atom stereocenters. The van der Waals surface area contributed by atoms with Crippen LogP contribution in [0.1, 0.15) is 22.5 Å². The summed E-state index contributed by atoms with van der Waals surface area (Å²) in [6, 6.07) is 11.2. The number of rotatable bonds is 5. The molecule has 1 aromatic carbocycles. The van der Waals surface area contributed by atoms with Gasteiger partial charge in [-0.05, 0) is 67.6 Å². The average molecular weight is 487 g/mol. The molecule has 0 aliphatic carbocycles. The molecule has 5 rings (SSSR count). The van der Waals surface area contributed by atoms with Gasteiger partial charge in [0.1, 0.15) is 16.5 Å². The molecule has 35 heavy (non-hydrogen) atoms. The molecule has 2 aromatic heterocycles. The van der Waals surface area contributed by atoms with Gasteiger partial charge in [0.25, 0.3) is 5.91 Å². The fourth-order valence-corrected chi connectivity index (χ4v) is 4.93. The number of pyridine rings is 1. The van der Waals surface area contributed by atoms with E-state index in [9.17, 15) is 4.79 Å². The van der Waals surface area contributed by atoms with Crippen molar-refractivity contribution >= 4 is 39.8 Å². The van der Waals surface area contributed by atoms with E-state index in [2.05, 4.69) is 15.1 Å². The van der Waals surface area contributed by atoms with Crippen LogP contribution in [0.3, 0.4) is 0 Å². The molecule has 0 fully saturated rings. The molecule has 0 spiro atoms. The Bertz CT molecular complexity index is 1460. The molecule has 2 aliphatic rings. The molecule has 4 heterocycles. The van der Waals surface area contributed by atoms with Gasteiger partial charge in [-0.25, -0.2) is 0 Å². The number of fused-ring (bicyclic) bond motifs is 1. The molecule has 0 atom stereocenters. The number of nitrogens with one attached hydrogen (secondary N) is 1. The standard InChI is InChI=1S/C25H22N6O3S/c1-14-11-17(15(2)30(14)20-13-18(33-3)5-6-21(20)34-4)12-19-22(26)31-25(28-23(19)32)35-24(29-31)16-7-9-27-10-8-16/h5-13,26H,1-4H3. The number of aryl methyl sites for hydroxylation is 1. The lowest BCUT2D eigenvalue weighted by molar-refractivity contribution is -0.114. The van der Waals surface area contributed by atoms with Crippen molar-refractivity contribution in [3.8, 4) is 17.2 Å². The molecule has 3 aromatic rings. The van der Waals surface area contributed by atoms with E-state index in [1.807, 2.05) is 54.8 Å². The summed E-state index contributed by atoms with van der Waals surface area (Å²) in [5.41, 5.74) is 4.46. The molecule has 10 heteroatoms. The van der Waals surface area contributed by atoms with Crippen LogP contribution in [0.15, 0.2) is 64.5 Å². The van der Waals surface area contributed by atoms with Gasteiger partial charge in [0.15, 0.2) is 5.84 Å². The van der Waals surface area contributed by atoms with Gasteiger partial charge in [0.05, 0.1) is 25.5 Å². The van der Waals surface area contributed by atoms with Crippen LogP contribution in [-0.2, 0) is 4.79 Å². The number of hydrogen-bond acceptors (Lipinski definition) is 7. The number of hydrogen-bond donors (Lipinski definition) is 1. The predicted molar refractivity (Wildman–Crippen MR) is 137 cm³/mol. The van der Waals surface area contributed by atoms with E-state index >= 15 is 0 Å². The number of aromatic nitrogens is 2. The minimum absolute atomic E-state index is 0.0136. The lowest BCUT2D eigenvalue weighted by Gasteiger charge is -2.20. The summed E-state index contributed by atoms with van der Waals surface area (Å²) in [4.78, 5) is 21.1. The normalized spacial score (nSPS) is 16.3. The van der Waals surface area contributed by atoms with Crippen LogP contribution in [0.4, 0.5) is 0 Å². The molecule has 0 bridgehead atoms. The summed E-state index contributed by atoms with van der Waals surface area (Å²) in [5, 5.41) is 15.7. The molecule has 2 aliphatic heterocycles. The van der Waals surface area contributed by atoms with Gasteiger partial charge < -0.3 is 14.0 Å². The first kappa shape index (κ1) is 22.6. The Labute approximate surface area is 206 Å². The maximum Gasteiger partial charge on any atom is 0.283 e. The Balaban J connectivity index is 1.54. The van der Waals surface area contributed by atoms with Crippen LogP contribution in [0.5, 0.6) is 11.5 Å². The highest BCUT2D eigenvalue weighted by molar-refractivity contribution is 8.27. The zero-order chi connectivity index (χ0) is 24.7. The molecule has 1 amide bonds. The summed E-state index contributed by atoms with van der Waals surface area (Å²) < 4.78 is 13.0. The van der Waals surface area contributed by atoms with Gasteiger partial charge in [-0.1, -0.05) is 0 Å². The monoisotopic (exact) mass is 486 g/mol.